The summed E-state index contributed by atoms with van der Waals surface area (Å²) in [6.07, 6.45) is -0.344. The Bertz CT molecular complexity index is 1260. The number of halogens is 2. The van der Waals surface area contributed by atoms with Gasteiger partial charge in [0.25, 0.3) is 5.91 Å². The van der Waals surface area contributed by atoms with Crippen LogP contribution in [0.5, 0.6) is 11.5 Å². The van der Waals surface area contributed by atoms with E-state index in [0.717, 1.165) is 17.0 Å². The quantitative estimate of drug-likeness (QED) is 0.470. The predicted octanol–water partition coefficient (Wildman–Crippen LogP) is 4.35. The van der Waals surface area contributed by atoms with E-state index in [2.05, 4.69) is 5.32 Å². The fourth-order valence-electron chi connectivity index (χ4n) is 3.90. The summed E-state index contributed by atoms with van der Waals surface area (Å²) in [5, 5.41) is 2.70. The average Bonchev–Trinajstić information content (AvgIpc) is 3.09. The molecule has 3 aromatic carbocycles. The van der Waals surface area contributed by atoms with Crippen LogP contribution in [-0.4, -0.2) is 43.0 Å². The Morgan fingerprint density at radius 3 is 2.00 bits per heavy atom. The molecule has 1 atom stereocenters. The fraction of sp³-hybridized carbons (Fsp3) is 0.192. The number of ether oxygens (including phenoxy) is 2. The maximum Gasteiger partial charge on any atom is 0.332 e. The van der Waals surface area contributed by atoms with Gasteiger partial charge in [-0.3, -0.25) is 9.59 Å². The largest absolute Gasteiger partial charge is 0.497 e. The average molecular weight is 495 g/mol. The van der Waals surface area contributed by atoms with Gasteiger partial charge in [-0.2, -0.15) is 0 Å². The number of benzene rings is 3. The maximum atomic E-state index is 13.4. The highest BCUT2D eigenvalue weighted by Crippen LogP contribution is 2.30. The normalized spacial score (nSPS) is 15.3. The number of urea groups is 1. The molecule has 0 unspecified atom stereocenters. The summed E-state index contributed by atoms with van der Waals surface area (Å²) in [6.45, 7) is -0.0342. The highest BCUT2D eigenvalue weighted by atomic mass is 19.1. The zero-order valence-corrected chi connectivity index (χ0v) is 19.5. The van der Waals surface area contributed by atoms with E-state index < -0.39 is 35.5 Å². The lowest BCUT2D eigenvalue weighted by Gasteiger charge is -2.22. The van der Waals surface area contributed by atoms with Gasteiger partial charge in [-0.15, -0.1) is 0 Å². The summed E-state index contributed by atoms with van der Waals surface area (Å²) in [5.41, 5.74) is 1.13. The number of anilines is 2. The fourth-order valence-corrected chi connectivity index (χ4v) is 3.90. The van der Waals surface area contributed by atoms with Crippen molar-refractivity contribution in [1.29, 1.82) is 0 Å². The Labute approximate surface area is 206 Å². The third kappa shape index (κ3) is 5.27. The van der Waals surface area contributed by atoms with Gasteiger partial charge in [-0.1, -0.05) is 12.1 Å². The third-order valence-electron chi connectivity index (χ3n) is 5.68. The van der Waals surface area contributed by atoms with Crippen molar-refractivity contribution in [2.24, 2.45) is 0 Å². The topological polar surface area (TPSA) is 88.2 Å². The van der Waals surface area contributed by atoms with Crippen LogP contribution in [0.25, 0.3) is 0 Å². The lowest BCUT2D eigenvalue weighted by Crippen LogP contribution is -2.37. The van der Waals surface area contributed by atoms with Crippen LogP contribution in [-0.2, 0) is 16.1 Å². The molecule has 8 nitrogen and oxygen atoms in total. The second-order valence-corrected chi connectivity index (χ2v) is 8.06. The molecule has 0 saturated carbocycles. The van der Waals surface area contributed by atoms with Crippen LogP contribution < -0.4 is 19.7 Å². The van der Waals surface area contributed by atoms with Gasteiger partial charge < -0.3 is 19.7 Å². The van der Waals surface area contributed by atoms with Gasteiger partial charge in [-0.05, 0) is 42.0 Å². The van der Waals surface area contributed by atoms with Gasteiger partial charge in [0.2, 0.25) is 5.91 Å². The van der Waals surface area contributed by atoms with Gasteiger partial charge >= 0.3 is 6.03 Å². The van der Waals surface area contributed by atoms with Crippen LogP contribution in [0.3, 0.4) is 0 Å². The first kappa shape index (κ1) is 24.6. The van der Waals surface area contributed by atoms with Crippen LogP contribution in [0, 0.1) is 11.6 Å². The molecule has 4 rings (SSSR count). The van der Waals surface area contributed by atoms with E-state index in [-0.39, 0.29) is 18.7 Å². The Balaban J connectivity index is 1.60. The van der Waals surface area contributed by atoms with Crippen LogP contribution in [0.15, 0.2) is 66.7 Å². The number of hydrogen-bond donors (Lipinski definition) is 1. The first-order valence-electron chi connectivity index (χ1n) is 11.0. The lowest BCUT2D eigenvalue weighted by molar-refractivity contribution is -0.124. The summed E-state index contributed by atoms with van der Waals surface area (Å²) in [6, 6.07) is 13.4. The molecule has 0 radical (unpaired) electrons. The SMILES string of the molecule is COc1cc(NC(=O)C[C@H]2C(=O)N(c3ccc(F)cc3)C(=O)N2Cc2ccc(F)cc2)cc(OC)c1. The Kier molecular flexibility index (Phi) is 7.14. The molecule has 10 heteroatoms. The summed E-state index contributed by atoms with van der Waals surface area (Å²) in [5.74, 6) is -1.21. The van der Waals surface area contributed by atoms with Crippen LogP contribution in [0.2, 0.25) is 0 Å². The number of nitrogens with one attached hydrogen (secondary N) is 1. The second-order valence-electron chi connectivity index (χ2n) is 8.06. The summed E-state index contributed by atoms with van der Waals surface area (Å²) in [4.78, 5) is 41.7. The predicted molar refractivity (Wildman–Crippen MR) is 128 cm³/mol. The number of hydrogen-bond acceptors (Lipinski definition) is 5. The molecular weight excluding hydrogens is 472 g/mol. The van der Waals surface area contributed by atoms with Crippen LogP contribution in [0.1, 0.15) is 12.0 Å². The number of carbonyl (C=O) groups excluding carboxylic acids is 3. The summed E-state index contributed by atoms with van der Waals surface area (Å²) in [7, 11) is 2.95. The summed E-state index contributed by atoms with van der Waals surface area (Å²) < 4.78 is 37.2. The molecule has 0 aromatic heterocycles. The molecule has 3 aromatic rings. The molecule has 4 amide bonds. The zero-order chi connectivity index (χ0) is 25.8. The van der Waals surface area contributed by atoms with Crippen molar-refractivity contribution in [2.45, 2.75) is 19.0 Å². The number of amides is 4. The second kappa shape index (κ2) is 10.4. The minimum absolute atomic E-state index is 0.0342. The van der Waals surface area contributed by atoms with E-state index in [1.54, 1.807) is 18.2 Å². The first-order valence-corrected chi connectivity index (χ1v) is 11.0. The third-order valence-corrected chi connectivity index (χ3v) is 5.68. The molecule has 1 fully saturated rings. The van der Waals surface area contributed by atoms with Gasteiger partial charge in [-0.25, -0.2) is 18.5 Å². The van der Waals surface area contributed by atoms with Gasteiger partial charge in [0, 0.05) is 30.4 Å². The molecule has 1 N–H and O–H groups in total. The molecule has 36 heavy (non-hydrogen) atoms. The molecule has 186 valence electrons. The summed E-state index contributed by atoms with van der Waals surface area (Å²) >= 11 is 0. The molecule has 1 aliphatic heterocycles. The van der Waals surface area contributed by atoms with Crippen molar-refractivity contribution in [3.05, 3.63) is 83.9 Å². The standard InChI is InChI=1S/C26H23F2N3O5/c1-35-21-11-19(12-22(13-21)36-2)29-24(32)14-23-25(33)31(20-9-7-18(28)8-10-20)26(34)30(23)15-16-3-5-17(27)6-4-16/h3-13,23H,14-15H2,1-2H3,(H,29,32)/t23-/m0/s1. The highest BCUT2D eigenvalue weighted by Gasteiger charge is 2.46. The highest BCUT2D eigenvalue weighted by molar-refractivity contribution is 6.22. The molecule has 1 saturated heterocycles. The van der Waals surface area contributed by atoms with Crippen molar-refractivity contribution in [1.82, 2.24) is 4.90 Å². The molecule has 0 aliphatic carbocycles. The maximum absolute atomic E-state index is 13.4. The lowest BCUT2D eigenvalue weighted by atomic mass is 10.1. The number of nitrogens with zero attached hydrogens (tertiary/aromatic N) is 2. The van der Waals surface area contributed by atoms with Crippen LogP contribution >= 0.6 is 0 Å². The molecule has 1 heterocycles. The number of carbonyl (C=O) groups is 3. The molecule has 1 aliphatic rings. The first-order chi connectivity index (χ1) is 17.3. The van der Waals surface area contributed by atoms with E-state index in [0.29, 0.717) is 22.7 Å². The van der Waals surface area contributed by atoms with E-state index in [1.807, 2.05) is 0 Å². The minimum Gasteiger partial charge on any atom is -0.497 e. The Morgan fingerprint density at radius 2 is 1.44 bits per heavy atom. The van der Waals surface area contributed by atoms with E-state index >= 15 is 0 Å². The van der Waals surface area contributed by atoms with E-state index in [1.165, 1.54) is 55.5 Å². The van der Waals surface area contributed by atoms with Crippen molar-refractivity contribution in [3.8, 4) is 11.5 Å². The molecular formula is C26H23F2N3O5. The monoisotopic (exact) mass is 495 g/mol. The van der Waals surface area contributed by atoms with Gasteiger partial charge in [0.05, 0.1) is 26.3 Å². The number of methoxy groups -OCH3 is 2. The van der Waals surface area contributed by atoms with Crippen molar-refractivity contribution < 1.29 is 32.6 Å². The van der Waals surface area contributed by atoms with E-state index in [9.17, 15) is 23.2 Å². The molecule has 0 bridgehead atoms. The molecule has 0 spiro atoms. The minimum atomic E-state index is -1.14. The van der Waals surface area contributed by atoms with Gasteiger partial charge in [0.15, 0.2) is 0 Å². The van der Waals surface area contributed by atoms with Gasteiger partial charge in [0.1, 0.15) is 29.2 Å². The smallest absolute Gasteiger partial charge is 0.332 e. The van der Waals surface area contributed by atoms with Crippen molar-refractivity contribution in [3.63, 3.8) is 0 Å². The Hall–Kier alpha value is -4.47. The van der Waals surface area contributed by atoms with Crippen molar-refractivity contribution >= 4 is 29.2 Å². The van der Waals surface area contributed by atoms with E-state index in [4.69, 9.17) is 9.47 Å². The Morgan fingerprint density at radius 1 is 0.889 bits per heavy atom. The van der Waals surface area contributed by atoms with Crippen LogP contribution in [0.4, 0.5) is 25.0 Å². The number of rotatable bonds is 8. The zero-order valence-electron chi connectivity index (χ0n) is 19.5. The van der Waals surface area contributed by atoms with Crippen molar-refractivity contribution in [2.75, 3.05) is 24.4 Å². The number of imide groups is 1.